The molecule has 2 aliphatic heterocycles. The zero-order valence-corrected chi connectivity index (χ0v) is 15.3. The zero-order valence-electron chi connectivity index (χ0n) is 15.3. The molecule has 0 saturated carbocycles. The third-order valence-corrected chi connectivity index (χ3v) is 5.29. The Morgan fingerprint density at radius 1 is 1.32 bits per heavy atom. The normalized spacial score (nSPS) is 20.0. The van der Waals surface area contributed by atoms with E-state index >= 15 is 0 Å². The first-order valence-corrected chi connectivity index (χ1v) is 9.43. The number of aromatic nitrogens is 2. The third kappa shape index (κ3) is 3.45. The first-order valence-electron chi connectivity index (χ1n) is 9.43. The van der Waals surface area contributed by atoms with Gasteiger partial charge in [0.25, 0.3) is 0 Å². The smallest absolute Gasteiger partial charge is 0.341 e. The summed E-state index contributed by atoms with van der Waals surface area (Å²) in [5.74, 6) is -1.52. The van der Waals surface area contributed by atoms with Gasteiger partial charge < -0.3 is 20.2 Å². The fourth-order valence-corrected chi connectivity index (χ4v) is 3.64. The number of amides is 1. The molecular weight excluding hydrogens is 364 g/mol. The number of carbonyl (C=O) groups is 2. The summed E-state index contributed by atoms with van der Waals surface area (Å²) in [6.45, 7) is 2.10. The van der Waals surface area contributed by atoms with E-state index in [1.54, 1.807) is 23.0 Å². The molecule has 2 N–H and O–H groups in total. The highest BCUT2D eigenvalue weighted by molar-refractivity contribution is 5.91. The Kier molecular flexibility index (Phi) is 4.99. The number of carboxylic acids is 1. The van der Waals surface area contributed by atoms with Gasteiger partial charge in [-0.1, -0.05) is 0 Å². The first kappa shape index (κ1) is 18.4. The molecule has 1 atom stereocenters. The van der Waals surface area contributed by atoms with Crippen molar-refractivity contribution in [3.8, 4) is 0 Å². The molecule has 148 valence electrons. The van der Waals surface area contributed by atoms with E-state index in [0.717, 1.165) is 25.9 Å². The predicted octanol–water partition coefficient (Wildman–Crippen LogP) is 0.348. The van der Waals surface area contributed by atoms with E-state index in [-0.39, 0.29) is 28.9 Å². The number of carbonyl (C=O) groups excluding carboxylic acids is 1. The van der Waals surface area contributed by atoms with Crippen LogP contribution < -0.4 is 15.8 Å². The number of aromatic carboxylic acids is 1. The molecule has 0 bridgehead atoms. The fourth-order valence-electron chi connectivity index (χ4n) is 3.64. The maximum absolute atomic E-state index is 12.4. The fraction of sp³-hybridized carbons (Fsp3) is 0.474. The van der Waals surface area contributed by atoms with E-state index in [1.165, 1.54) is 6.20 Å². The Balaban J connectivity index is 1.46. The van der Waals surface area contributed by atoms with E-state index < -0.39 is 11.4 Å². The lowest BCUT2D eigenvalue weighted by molar-refractivity contribution is -0.127. The molecule has 2 saturated heterocycles. The maximum atomic E-state index is 12.4. The van der Waals surface area contributed by atoms with Crippen LogP contribution in [0.5, 0.6) is 0 Å². The van der Waals surface area contributed by atoms with Gasteiger partial charge in [-0.15, -0.1) is 0 Å². The molecule has 2 aromatic heterocycles. The monoisotopic (exact) mass is 386 g/mol. The molecule has 0 aliphatic carbocycles. The number of rotatable bonds is 5. The van der Waals surface area contributed by atoms with Gasteiger partial charge in [0.1, 0.15) is 5.56 Å². The zero-order chi connectivity index (χ0) is 19.7. The van der Waals surface area contributed by atoms with Crippen LogP contribution >= 0.6 is 0 Å². The molecule has 4 heterocycles. The minimum atomic E-state index is -1.29. The molecule has 1 amide bonds. The Morgan fingerprint density at radius 2 is 2.14 bits per heavy atom. The molecule has 9 heteroatoms. The number of carboxylic acid groups (broad SMARTS) is 1. The van der Waals surface area contributed by atoms with Crippen molar-refractivity contribution in [2.45, 2.75) is 25.4 Å². The predicted molar refractivity (Wildman–Crippen MR) is 101 cm³/mol. The van der Waals surface area contributed by atoms with Gasteiger partial charge in [0.05, 0.1) is 17.4 Å². The van der Waals surface area contributed by atoms with Crippen molar-refractivity contribution in [2.75, 3.05) is 31.3 Å². The van der Waals surface area contributed by atoms with Crippen LogP contribution in [0.25, 0.3) is 11.0 Å². The Labute approximate surface area is 160 Å². The van der Waals surface area contributed by atoms with Crippen LogP contribution in [-0.4, -0.2) is 59.0 Å². The van der Waals surface area contributed by atoms with Crippen LogP contribution in [0.15, 0.2) is 29.3 Å². The number of nitrogens with zero attached hydrogens (tertiary/aromatic N) is 3. The Bertz CT molecular complexity index is 960. The molecule has 9 nitrogen and oxygen atoms in total. The van der Waals surface area contributed by atoms with Gasteiger partial charge in [-0.25, -0.2) is 14.5 Å². The number of hydrogen-bond acceptors (Lipinski definition) is 6. The van der Waals surface area contributed by atoms with E-state index in [1.807, 2.05) is 5.01 Å². The van der Waals surface area contributed by atoms with Gasteiger partial charge in [0, 0.05) is 38.6 Å². The molecule has 0 spiro atoms. The van der Waals surface area contributed by atoms with Gasteiger partial charge in [-0.2, -0.15) is 0 Å². The quantitative estimate of drug-likeness (QED) is 0.762. The summed E-state index contributed by atoms with van der Waals surface area (Å²) in [5, 5.41) is 14.3. The van der Waals surface area contributed by atoms with Crippen molar-refractivity contribution in [3.63, 3.8) is 0 Å². The third-order valence-electron chi connectivity index (χ3n) is 5.29. The lowest BCUT2D eigenvalue weighted by Crippen LogP contribution is -2.59. The Hall–Kier alpha value is -2.94. The number of ether oxygens (including phenoxy) is 1. The van der Waals surface area contributed by atoms with Crippen LogP contribution in [0.1, 0.15) is 29.6 Å². The minimum Gasteiger partial charge on any atom is -0.477 e. The molecule has 1 unspecified atom stereocenters. The van der Waals surface area contributed by atoms with E-state index in [4.69, 9.17) is 4.74 Å². The molecule has 0 radical (unpaired) electrons. The summed E-state index contributed by atoms with van der Waals surface area (Å²) in [6, 6.07) is 3.15. The SMILES string of the molecule is O=C(O)c1cn(N2CC(C(=O)NCC3CCCCO3)C2)c2ncccc2c1=O. The van der Waals surface area contributed by atoms with Crippen molar-refractivity contribution >= 4 is 22.9 Å². The molecule has 28 heavy (non-hydrogen) atoms. The van der Waals surface area contributed by atoms with Gasteiger partial charge in [-0.05, 0) is 31.4 Å². The number of nitrogens with one attached hydrogen (secondary N) is 1. The summed E-state index contributed by atoms with van der Waals surface area (Å²) in [7, 11) is 0. The molecule has 0 aromatic carbocycles. The van der Waals surface area contributed by atoms with Crippen molar-refractivity contribution in [2.24, 2.45) is 5.92 Å². The highest BCUT2D eigenvalue weighted by Gasteiger charge is 2.34. The number of hydrogen-bond donors (Lipinski definition) is 2. The van der Waals surface area contributed by atoms with Crippen LogP contribution in [-0.2, 0) is 9.53 Å². The van der Waals surface area contributed by atoms with Crippen molar-refractivity contribution in [3.05, 3.63) is 40.3 Å². The van der Waals surface area contributed by atoms with Crippen LogP contribution in [0.3, 0.4) is 0 Å². The highest BCUT2D eigenvalue weighted by atomic mass is 16.5. The molecule has 4 rings (SSSR count). The molecule has 2 aromatic rings. The van der Waals surface area contributed by atoms with Crippen molar-refractivity contribution in [1.82, 2.24) is 15.0 Å². The summed E-state index contributed by atoms with van der Waals surface area (Å²) >= 11 is 0. The lowest BCUT2D eigenvalue weighted by Gasteiger charge is -2.41. The van der Waals surface area contributed by atoms with Crippen LogP contribution in [0.4, 0.5) is 0 Å². The second kappa shape index (κ2) is 7.59. The van der Waals surface area contributed by atoms with Crippen LogP contribution in [0, 0.1) is 5.92 Å². The maximum Gasteiger partial charge on any atom is 0.341 e. The van der Waals surface area contributed by atoms with Crippen LogP contribution in [0.2, 0.25) is 0 Å². The van der Waals surface area contributed by atoms with Gasteiger partial charge in [0.2, 0.25) is 11.3 Å². The summed E-state index contributed by atoms with van der Waals surface area (Å²) in [4.78, 5) is 40.4. The lowest BCUT2D eigenvalue weighted by atomic mass is 10.0. The van der Waals surface area contributed by atoms with E-state index in [9.17, 15) is 19.5 Å². The molecule has 2 fully saturated rings. The standard InChI is InChI=1S/C19H22N4O5/c24-16-14-5-3-6-20-17(14)23(11-15(16)19(26)27)22-9-12(10-22)18(25)21-8-13-4-1-2-7-28-13/h3,5-6,11-13H,1-2,4,7-10H2,(H,21,25)(H,26,27). The van der Waals surface area contributed by atoms with Gasteiger partial charge in [0.15, 0.2) is 5.65 Å². The van der Waals surface area contributed by atoms with Crippen molar-refractivity contribution in [1.29, 1.82) is 0 Å². The average Bonchev–Trinajstić information content (AvgIpc) is 2.67. The Morgan fingerprint density at radius 3 is 2.86 bits per heavy atom. The van der Waals surface area contributed by atoms with E-state index in [2.05, 4.69) is 10.3 Å². The summed E-state index contributed by atoms with van der Waals surface area (Å²) in [6.07, 6.45) is 6.07. The number of fused-ring (bicyclic) bond motifs is 1. The van der Waals surface area contributed by atoms with Gasteiger partial charge >= 0.3 is 5.97 Å². The average molecular weight is 386 g/mol. The van der Waals surface area contributed by atoms with E-state index in [0.29, 0.717) is 25.3 Å². The second-order valence-electron chi connectivity index (χ2n) is 7.20. The topological polar surface area (TPSA) is 114 Å². The first-order chi connectivity index (χ1) is 13.5. The second-order valence-corrected chi connectivity index (χ2v) is 7.20. The number of pyridine rings is 2. The highest BCUT2D eigenvalue weighted by Crippen LogP contribution is 2.19. The summed E-state index contributed by atoms with van der Waals surface area (Å²) < 4.78 is 7.19. The minimum absolute atomic E-state index is 0.0396. The molecular formula is C19H22N4O5. The van der Waals surface area contributed by atoms with Crippen molar-refractivity contribution < 1.29 is 19.4 Å². The van der Waals surface area contributed by atoms with Gasteiger partial charge in [-0.3, -0.25) is 9.59 Å². The molecule has 2 aliphatic rings. The largest absolute Gasteiger partial charge is 0.477 e. The summed E-state index contributed by atoms with van der Waals surface area (Å²) in [5.41, 5.74) is -0.496.